The van der Waals surface area contributed by atoms with Crippen molar-refractivity contribution in [3.05, 3.63) is 58.1 Å². The van der Waals surface area contributed by atoms with E-state index in [-0.39, 0.29) is 10.7 Å². The Morgan fingerprint density at radius 3 is 2.53 bits per heavy atom. The molecule has 0 saturated heterocycles. The molecule has 0 amide bonds. The largest absolute Gasteiger partial charge is 0.389 e. The zero-order chi connectivity index (χ0) is 14.0. The van der Waals surface area contributed by atoms with E-state index >= 15 is 0 Å². The van der Waals surface area contributed by atoms with Crippen LogP contribution in [-0.2, 0) is 0 Å². The highest BCUT2D eigenvalue weighted by atomic mass is 79.9. The van der Waals surface area contributed by atoms with E-state index in [0.29, 0.717) is 11.3 Å². The molecular weight excluding hydrogens is 334 g/mol. The molecule has 0 radical (unpaired) electrons. The highest BCUT2D eigenvalue weighted by Gasteiger charge is 2.09. The van der Waals surface area contributed by atoms with Crippen LogP contribution < -0.4 is 11.1 Å². The second-order valence-electron chi connectivity index (χ2n) is 3.80. The van der Waals surface area contributed by atoms with E-state index in [1.165, 1.54) is 0 Å². The molecular formula is C13H9BrF2N2S. The highest BCUT2D eigenvalue weighted by Crippen LogP contribution is 2.27. The lowest BCUT2D eigenvalue weighted by Gasteiger charge is -2.12. The van der Waals surface area contributed by atoms with Gasteiger partial charge in [-0.3, -0.25) is 0 Å². The molecule has 0 aromatic heterocycles. The number of hydrogen-bond donors (Lipinski definition) is 2. The molecule has 0 spiro atoms. The second kappa shape index (κ2) is 5.63. The lowest BCUT2D eigenvalue weighted by atomic mass is 10.1. The predicted octanol–water partition coefficient (Wildman–Crippen LogP) is 4.11. The van der Waals surface area contributed by atoms with Gasteiger partial charge in [0.1, 0.15) is 16.6 Å². The number of benzene rings is 2. The SMILES string of the molecule is NC(=S)c1ccc(Br)cc1Nc1cc(F)ccc1F. The van der Waals surface area contributed by atoms with Gasteiger partial charge in [-0.1, -0.05) is 28.1 Å². The van der Waals surface area contributed by atoms with E-state index in [0.717, 1.165) is 22.7 Å². The van der Waals surface area contributed by atoms with Crippen LogP contribution in [0.5, 0.6) is 0 Å². The Kier molecular flexibility index (Phi) is 4.11. The van der Waals surface area contributed by atoms with Gasteiger partial charge in [0.05, 0.1) is 5.69 Å². The number of thiocarbonyl (C=S) groups is 1. The molecule has 98 valence electrons. The summed E-state index contributed by atoms with van der Waals surface area (Å²) in [7, 11) is 0. The van der Waals surface area contributed by atoms with Crippen LogP contribution in [0.2, 0.25) is 0 Å². The van der Waals surface area contributed by atoms with E-state index in [1.54, 1.807) is 18.2 Å². The van der Waals surface area contributed by atoms with Gasteiger partial charge in [0.15, 0.2) is 0 Å². The van der Waals surface area contributed by atoms with Gasteiger partial charge in [0.2, 0.25) is 0 Å². The summed E-state index contributed by atoms with van der Waals surface area (Å²) >= 11 is 8.22. The van der Waals surface area contributed by atoms with Gasteiger partial charge >= 0.3 is 0 Å². The standard InChI is InChI=1S/C13H9BrF2N2S/c14-7-1-3-9(13(17)19)11(5-7)18-12-6-8(15)2-4-10(12)16/h1-6,18H,(H2,17,19). The van der Waals surface area contributed by atoms with Crippen molar-refractivity contribution in [3.8, 4) is 0 Å². The smallest absolute Gasteiger partial charge is 0.146 e. The van der Waals surface area contributed by atoms with Gasteiger partial charge in [-0.2, -0.15) is 0 Å². The van der Waals surface area contributed by atoms with Gasteiger partial charge < -0.3 is 11.1 Å². The summed E-state index contributed by atoms with van der Waals surface area (Å²) in [5.74, 6) is -1.09. The summed E-state index contributed by atoms with van der Waals surface area (Å²) in [6.07, 6.45) is 0. The average Bonchev–Trinajstić information content (AvgIpc) is 2.33. The molecule has 0 unspecified atom stereocenters. The number of nitrogens with two attached hydrogens (primary N) is 1. The fourth-order valence-electron chi connectivity index (χ4n) is 1.57. The van der Waals surface area contributed by atoms with E-state index < -0.39 is 11.6 Å². The molecule has 0 fully saturated rings. The van der Waals surface area contributed by atoms with Crippen molar-refractivity contribution in [1.82, 2.24) is 0 Å². The van der Waals surface area contributed by atoms with Gasteiger partial charge in [0.25, 0.3) is 0 Å². The predicted molar refractivity (Wildman–Crippen MR) is 79.7 cm³/mol. The quantitative estimate of drug-likeness (QED) is 0.824. The van der Waals surface area contributed by atoms with Crippen molar-refractivity contribution in [1.29, 1.82) is 0 Å². The van der Waals surface area contributed by atoms with Crippen molar-refractivity contribution in [3.63, 3.8) is 0 Å². The molecule has 2 nitrogen and oxygen atoms in total. The molecule has 0 saturated carbocycles. The Morgan fingerprint density at radius 1 is 1.11 bits per heavy atom. The Bertz CT molecular complexity index is 647. The molecule has 2 rings (SSSR count). The third-order valence-electron chi connectivity index (χ3n) is 2.44. The minimum absolute atomic E-state index is 0.0237. The van der Waals surface area contributed by atoms with E-state index in [9.17, 15) is 8.78 Å². The molecule has 0 aliphatic heterocycles. The van der Waals surface area contributed by atoms with Crippen LogP contribution in [0.4, 0.5) is 20.2 Å². The van der Waals surface area contributed by atoms with Gasteiger partial charge in [-0.25, -0.2) is 8.78 Å². The molecule has 6 heteroatoms. The van der Waals surface area contributed by atoms with Crippen LogP contribution in [-0.4, -0.2) is 4.99 Å². The number of nitrogens with one attached hydrogen (secondary N) is 1. The first-order valence-electron chi connectivity index (χ1n) is 5.29. The second-order valence-corrected chi connectivity index (χ2v) is 5.16. The van der Waals surface area contributed by atoms with Crippen LogP contribution in [0, 0.1) is 11.6 Å². The Balaban J connectivity index is 2.45. The van der Waals surface area contributed by atoms with Gasteiger partial charge in [0, 0.05) is 21.8 Å². The molecule has 2 aromatic rings. The summed E-state index contributed by atoms with van der Waals surface area (Å²) in [6, 6.07) is 8.33. The number of halogens is 3. The van der Waals surface area contributed by atoms with Crippen molar-refractivity contribution in [2.24, 2.45) is 5.73 Å². The lowest BCUT2D eigenvalue weighted by Crippen LogP contribution is -2.12. The van der Waals surface area contributed by atoms with E-state index in [1.807, 2.05) is 0 Å². The minimum atomic E-state index is -0.560. The summed E-state index contributed by atoms with van der Waals surface area (Å²) in [6.45, 7) is 0. The third kappa shape index (κ3) is 3.27. The minimum Gasteiger partial charge on any atom is -0.389 e. The average molecular weight is 343 g/mol. The van der Waals surface area contributed by atoms with Crippen molar-refractivity contribution >= 4 is 44.5 Å². The first kappa shape index (κ1) is 13.9. The first-order chi connectivity index (χ1) is 8.97. The number of hydrogen-bond acceptors (Lipinski definition) is 2. The zero-order valence-electron chi connectivity index (χ0n) is 9.58. The first-order valence-corrected chi connectivity index (χ1v) is 6.49. The summed E-state index contributed by atoms with van der Waals surface area (Å²) in [4.78, 5) is 0.173. The van der Waals surface area contributed by atoms with Crippen LogP contribution in [0.15, 0.2) is 40.9 Å². The van der Waals surface area contributed by atoms with E-state index in [2.05, 4.69) is 21.2 Å². The zero-order valence-corrected chi connectivity index (χ0v) is 12.0. The Labute approximate surface area is 122 Å². The highest BCUT2D eigenvalue weighted by molar-refractivity contribution is 9.10. The van der Waals surface area contributed by atoms with Crippen molar-refractivity contribution < 1.29 is 8.78 Å². The van der Waals surface area contributed by atoms with Crippen LogP contribution in [0.25, 0.3) is 0 Å². The molecule has 0 bridgehead atoms. The summed E-state index contributed by atoms with van der Waals surface area (Å²) in [5.41, 5.74) is 6.68. The third-order valence-corrected chi connectivity index (χ3v) is 3.16. The maximum Gasteiger partial charge on any atom is 0.146 e. The Morgan fingerprint density at radius 2 is 1.84 bits per heavy atom. The normalized spacial score (nSPS) is 10.3. The maximum absolute atomic E-state index is 13.6. The van der Waals surface area contributed by atoms with Crippen LogP contribution in [0.1, 0.15) is 5.56 Å². The van der Waals surface area contributed by atoms with Gasteiger partial charge in [-0.15, -0.1) is 0 Å². The molecule has 2 aromatic carbocycles. The molecule has 0 atom stereocenters. The molecule has 0 aliphatic carbocycles. The lowest BCUT2D eigenvalue weighted by molar-refractivity contribution is 0.603. The monoisotopic (exact) mass is 342 g/mol. The molecule has 19 heavy (non-hydrogen) atoms. The Hall–Kier alpha value is -1.53. The molecule has 0 aliphatic rings. The van der Waals surface area contributed by atoms with Gasteiger partial charge in [-0.05, 0) is 30.3 Å². The molecule has 3 N–H and O–H groups in total. The van der Waals surface area contributed by atoms with Crippen molar-refractivity contribution in [2.75, 3.05) is 5.32 Å². The fourth-order valence-corrected chi connectivity index (χ4v) is 2.11. The van der Waals surface area contributed by atoms with E-state index in [4.69, 9.17) is 18.0 Å². The van der Waals surface area contributed by atoms with Crippen LogP contribution in [0.3, 0.4) is 0 Å². The number of anilines is 2. The number of rotatable bonds is 3. The fraction of sp³-hybridized carbons (Fsp3) is 0. The summed E-state index contributed by atoms with van der Waals surface area (Å²) < 4.78 is 27.5. The van der Waals surface area contributed by atoms with Crippen LogP contribution >= 0.6 is 28.1 Å². The summed E-state index contributed by atoms with van der Waals surface area (Å²) in [5, 5.41) is 2.79. The maximum atomic E-state index is 13.6. The molecule has 0 heterocycles. The topological polar surface area (TPSA) is 38.0 Å². The van der Waals surface area contributed by atoms with Crippen molar-refractivity contribution in [2.45, 2.75) is 0 Å².